The molecule has 0 fully saturated rings. The second-order valence-corrected chi connectivity index (χ2v) is 4.32. The zero-order valence-electron chi connectivity index (χ0n) is 9.68. The van der Waals surface area contributed by atoms with Crippen LogP contribution in [0.5, 0.6) is 0 Å². The van der Waals surface area contributed by atoms with Gasteiger partial charge in [0.2, 0.25) is 0 Å². The molecule has 0 aliphatic rings. The Balaban J connectivity index is 2.55. The van der Waals surface area contributed by atoms with Crippen LogP contribution in [0, 0.1) is 13.8 Å². The van der Waals surface area contributed by atoms with E-state index in [4.69, 9.17) is 16.8 Å². The molecule has 0 aliphatic carbocycles. The van der Waals surface area contributed by atoms with Crippen molar-refractivity contribution in [1.82, 2.24) is 4.57 Å². The molecule has 2 rings (SSSR count). The second-order valence-electron chi connectivity index (χ2n) is 3.88. The van der Waals surface area contributed by atoms with Gasteiger partial charge in [-0.25, -0.2) is 0 Å². The highest BCUT2D eigenvalue weighted by Gasteiger charge is 2.09. The summed E-state index contributed by atoms with van der Waals surface area (Å²) >= 11 is 5.87. The third-order valence-corrected chi connectivity index (χ3v) is 3.00. The van der Waals surface area contributed by atoms with Gasteiger partial charge >= 0.3 is 0 Å². The molecule has 88 valence electrons. The third kappa shape index (κ3) is 2.19. The number of nitrogens with zero attached hydrogens (tertiary/aromatic N) is 2. The molecule has 1 heterocycles. The van der Waals surface area contributed by atoms with Crippen molar-refractivity contribution in [3.8, 4) is 5.69 Å². The first-order chi connectivity index (χ1) is 8.13. The smallest absolute Gasteiger partial charge is 0.0752 e. The largest absolute Gasteiger partial charge is 0.411 e. The third-order valence-electron chi connectivity index (χ3n) is 2.75. The van der Waals surface area contributed by atoms with Crippen LogP contribution in [0.2, 0.25) is 5.02 Å². The van der Waals surface area contributed by atoms with E-state index in [0.29, 0.717) is 5.02 Å². The summed E-state index contributed by atoms with van der Waals surface area (Å²) in [4.78, 5) is 0. The number of halogens is 1. The monoisotopic (exact) mass is 248 g/mol. The minimum atomic E-state index is 0.716. The lowest BCUT2D eigenvalue weighted by atomic mass is 10.2. The van der Waals surface area contributed by atoms with Gasteiger partial charge in [0, 0.05) is 27.7 Å². The lowest BCUT2D eigenvalue weighted by Crippen LogP contribution is -1.99. The Bertz CT molecular complexity index is 556. The molecule has 17 heavy (non-hydrogen) atoms. The second kappa shape index (κ2) is 4.63. The topological polar surface area (TPSA) is 37.5 Å². The van der Waals surface area contributed by atoms with E-state index in [1.165, 1.54) is 6.21 Å². The summed E-state index contributed by atoms with van der Waals surface area (Å²) in [6.07, 6.45) is 1.44. The Morgan fingerprint density at radius 3 is 2.47 bits per heavy atom. The van der Waals surface area contributed by atoms with E-state index >= 15 is 0 Å². The molecule has 1 aromatic heterocycles. The van der Waals surface area contributed by atoms with Gasteiger partial charge in [0.05, 0.1) is 6.21 Å². The highest BCUT2D eigenvalue weighted by molar-refractivity contribution is 6.30. The van der Waals surface area contributed by atoms with E-state index in [9.17, 15) is 0 Å². The van der Waals surface area contributed by atoms with Crippen molar-refractivity contribution >= 4 is 17.8 Å². The molecule has 0 atom stereocenters. The van der Waals surface area contributed by atoms with Crippen LogP contribution in [0.25, 0.3) is 5.69 Å². The van der Waals surface area contributed by atoms with Crippen LogP contribution in [0.1, 0.15) is 17.0 Å². The highest BCUT2D eigenvalue weighted by Crippen LogP contribution is 2.21. The molecule has 1 N–H and O–H groups in total. The van der Waals surface area contributed by atoms with Gasteiger partial charge in [-0.05, 0) is 44.2 Å². The molecule has 0 saturated heterocycles. The number of hydrogen-bond acceptors (Lipinski definition) is 2. The molecular weight excluding hydrogens is 236 g/mol. The molecule has 1 aromatic carbocycles. The number of hydrogen-bond donors (Lipinski definition) is 1. The van der Waals surface area contributed by atoms with Gasteiger partial charge in [0.1, 0.15) is 0 Å². The fourth-order valence-corrected chi connectivity index (χ4v) is 2.09. The van der Waals surface area contributed by atoms with Crippen molar-refractivity contribution in [1.29, 1.82) is 0 Å². The molecule has 0 amide bonds. The van der Waals surface area contributed by atoms with E-state index < -0.39 is 0 Å². The highest BCUT2D eigenvalue weighted by atomic mass is 35.5. The van der Waals surface area contributed by atoms with Gasteiger partial charge in [0.15, 0.2) is 0 Å². The van der Waals surface area contributed by atoms with Crippen molar-refractivity contribution in [3.63, 3.8) is 0 Å². The predicted molar refractivity (Wildman–Crippen MR) is 69.6 cm³/mol. The minimum absolute atomic E-state index is 0.716. The van der Waals surface area contributed by atoms with Gasteiger partial charge in [0.25, 0.3) is 0 Å². The van der Waals surface area contributed by atoms with Crippen LogP contribution in [0.3, 0.4) is 0 Å². The molecule has 2 aromatic rings. The fourth-order valence-electron chi connectivity index (χ4n) is 1.97. The quantitative estimate of drug-likeness (QED) is 0.493. The van der Waals surface area contributed by atoms with Crippen molar-refractivity contribution in [2.75, 3.05) is 0 Å². The van der Waals surface area contributed by atoms with Crippen LogP contribution in [0.15, 0.2) is 35.5 Å². The molecular formula is C13H13ClN2O. The number of oxime groups is 1. The van der Waals surface area contributed by atoms with Crippen molar-refractivity contribution in [2.45, 2.75) is 13.8 Å². The van der Waals surface area contributed by atoms with E-state index in [1.807, 2.05) is 44.2 Å². The molecule has 0 radical (unpaired) electrons. The number of benzene rings is 1. The van der Waals surface area contributed by atoms with Crippen molar-refractivity contribution in [2.24, 2.45) is 5.16 Å². The average Bonchev–Trinajstić information content (AvgIpc) is 2.57. The Hall–Kier alpha value is -1.74. The lowest BCUT2D eigenvalue weighted by molar-refractivity contribution is 0.322. The summed E-state index contributed by atoms with van der Waals surface area (Å²) in [5, 5.41) is 12.4. The maximum atomic E-state index is 8.59. The minimum Gasteiger partial charge on any atom is -0.411 e. The van der Waals surface area contributed by atoms with Crippen LogP contribution in [-0.4, -0.2) is 16.0 Å². The van der Waals surface area contributed by atoms with Crippen molar-refractivity contribution < 1.29 is 5.21 Å². The molecule has 3 nitrogen and oxygen atoms in total. The van der Waals surface area contributed by atoms with Crippen LogP contribution < -0.4 is 0 Å². The molecule has 0 unspecified atom stereocenters. The molecule has 0 bridgehead atoms. The number of rotatable bonds is 2. The number of aromatic nitrogens is 1. The zero-order chi connectivity index (χ0) is 12.4. The summed E-state index contributed by atoms with van der Waals surface area (Å²) in [5.74, 6) is 0. The molecule has 0 aliphatic heterocycles. The molecule has 0 spiro atoms. The van der Waals surface area contributed by atoms with Gasteiger partial charge in [-0.3, -0.25) is 0 Å². The van der Waals surface area contributed by atoms with Crippen LogP contribution in [-0.2, 0) is 0 Å². The van der Waals surface area contributed by atoms with Crippen LogP contribution >= 0.6 is 11.6 Å². The Morgan fingerprint density at radius 1 is 1.24 bits per heavy atom. The summed E-state index contributed by atoms with van der Waals surface area (Å²) in [6.45, 7) is 3.99. The summed E-state index contributed by atoms with van der Waals surface area (Å²) < 4.78 is 2.09. The van der Waals surface area contributed by atoms with Gasteiger partial charge in [-0.15, -0.1) is 0 Å². The van der Waals surface area contributed by atoms with Gasteiger partial charge in [-0.2, -0.15) is 0 Å². The summed E-state index contributed by atoms with van der Waals surface area (Å²) in [5.41, 5.74) is 4.06. The zero-order valence-corrected chi connectivity index (χ0v) is 10.4. The fraction of sp³-hybridized carbons (Fsp3) is 0.154. The Kier molecular flexibility index (Phi) is 3.20. The summed E-state index contributed by atoms with van der Waals surface area (Å²) in [7, 11) is 0. The van der Waals surface area contributed by atoms with Crippen molar-refractivity contribution in [3.05, 3.63) is 52.3 Å². The Labute approximate surface area is 105 Å². The van der Waals surface area contributed by atoms with E-state index in [2.05, 4.69) is 9.72 Å². The Morgan fingerprint density at radius 2 is 1.88 bits per heavy atom. The van der Waals surface area contributed by atoms with Crippen LogP contribution in [0.4, 0.5) is 0 Å². The van der Waals surface area contributed by atoms with E-state index in [1.54, 1.807) is 0 Å². The SMILES string of the molecule is Cc1cc(/C=N/O)c(C)n1-c1ccc(Cl)cc1. The standard InChI is InChI=1S/C13H13ClN2O/c1-9-7-11(8-15-17)10(2)16(9)13-5-3-12(14)4-6-13/h3-8,17H,1-2H3/b15-8+. The van der Waals surface area contributed by atoms with E-state index in [0.717, 1.165) is 22.6 Å². The van der Waals surface area contributed by atoms with Gasteiger partial charge < -0.3 is 9.77 Å². The predicted octanol–water partition coefficient (Wildman–Crippen LogP) is 3.56. The first kappa shape index (κ1) is 11.7. The first-order valence-electron chi connectivity index (χ1n) is 5.26. The normalized spacial score (nSPS) is 11.2. The maximum absolute atomic E-state index is 8.59. The maximum Gasteiger partial charge on any atom is 0.0752 e. The number of aryl methyl sites for hydroxylation is 1. The first-order valence-corrected chi connectivity index (χ1v) is 5.63. The summed E-state index contributed by atoms with van der Waals surface area (Å²) in [6, 6.07) is 9.61. The lowest BCUT2D eigenvalue weighted by Gasteiger charge is -2.09. The van der Waals surface area contributed by atoms with Gasteiger partial charge in [-0.1, -0.05) is 16.8 Å². The molecule has 4 heteroatoms. The molecule has 0 saturated carbocycles. The van der Waals surface area contributed by atoms with E-state index in [-0.39, 0.29) is 0 Å². The average molecular weight is 249 g/mol.